The van der Waals surface area contributed by atoms with E-state index in [4.69, 9.17) is 0 Å². The maximum absolute atomic E-state index is 4.16. The zero-order valence-electron chi connectivity index (χ0n) is 9.86. The molecular formula is C13H16BrN3. The van der Waals surface area contributed by atoms with Gasteiger partial charge in [-0.25, -0.2) is 0 Å². The molecule has 0 radical (unpaired) electrons. The van der Waals surface area contributed by atoms with Gasteiger partial charge >= 0.3 is 0 Å². The van der Waals surface area contributed by atoms with Crippen molar-refractivity contribution in [2.75, 3.05) is 6.54 Å². The zero-order chi connectivity index (χ0) is 12.1. The van der Waals surface area contributed by atoms with Crippen molar-refractivity contribution in [1.82, 2.24) is 14.9 Å². The minimum atomic E-state index is 0.860. The van der Waals surface area contributed by atoms with E-state index in [0.717, 1.165) is 24.1 Å². The topological polar surface area (TPSA) is 29.9 Å². The second kappa shape index (κ2) is 5.98. The normalized spacial score (nSPS) is 10.7. The van der Waals surface area contributed by atoms with Crippen LogP contribution in [0.15, 0.2) is 41.4 Å². The van der Waals surface area contributed by atoms with Gasteiger partial charge in [-0.2, -0.15) is 0 Å². The van der Waals surface area contributed by atoms with E-state index in [0.29, 0.717) is 0 Å². The van der Waals surface area contributed by atoms with E-state index in [9.17, 15) is 0 Å². The predicted octanol–water partition coefficient (Wildman–Crippen LogP) is 2.80. The molecule has 0 spiro atoms. The number of halogens is 1. The molecule has 90 valence electrons. The lowest BCUT2D eigenvalue weighted by Crippen LogP contribution is -2.11. The third-order valence-corrected chi connectivity index (χ3v) is 2.95. The van der Waals surface area contributed by atoms with Gasteiger partial charge in [-0.05, 0) is 45.7 Å². The summed E-state index contributed by atoms with van der Waals surface area (Å²) in [5, 5.41) is 3.32. The molecule has 2 aromatic heterocycles. The molecule has 0 aromatic carbocycles. The van der Waals surface area contributed by atoms with Crippen LogP contribution in [0.25, 0.3) is 0 Å². The highest BCUT2D eigenvalue weighted by Crippen LogP contribution is 2.11. The SMILES string of the molecule is CCNCc1ccn(Cc2cncc(Br)c2)c1. The Labute approximate surface area is 110 Å². The molecule has 0 aliphatic carbocycles. The lowest BCUT2D eigenvalue weighted by Gasteiger charge is -2.03. The van der Waals surface area contributed by atoms with Gasteiger partial charge in [0.1, 0.15) is 0 Å². The molecule has 0 aliphatic rings. The Hall–Kier alpha value is -1.13. The molecule has 0 aliphatic heterocycles. The summed E-state index contributed by atoms with van der Waals surface area (Å²) in [7, 11) is 0. The van der Waals surface area contributed by atoms with Gasteiger partial charge in [0.15, 0.2) is 0 Å². The third kappa shape index (κ3) is 3.68. The number of nitrogens with one attached hydrogen (secondary N) is 1. The highest BCUT2D eigenvalue weighted by molar-refractivity contribution is 9.10. The Balaban J connectivity index is 2.01. The van der Waals surface area contributed by atoms with Gasteiger partial charge in [0.05, 0.1) is 0 Å². The standard InChI is InChI=1S/C13H16BrN3/c1-2-15-6-11-3-4-17(9-11)10-12-5-13(14)8-16-7-12/h3-5,7-9,15H,2,6,10H2,1H3. The summed E-state index contributed by atoms with van der Waals surface area (Å²) in [5.74, 6) is 0. The number of nitrogens with zero attached hydrogens (tertiary/aromatic N) is 2. The first-order valence-electron chi connectivity index (χ1n) is 5.72. The van der Waals surface area contributed by atoms with E-state index in [1.807, 2.05) is 6.20 Å². The van der Waals surface area contributed by atoms with Crippen LogP contribution >= 0.6 is 15.9 Å². The van der Waals surface area contributed by atoms with Crippen molar-refractivity contribution in [3.63, 3.8) is 0 Å². The summed E-state index contributed by atoms with van der Waals surface area (Å²) in [6.07, 6.45) is 7.97. The number of pyridine rings is 1. The fourth-order valence-electron chi connectivity index (χ4n) is 1.72. The molecule has 17 heavy (non-hydrogen) atoms. The second-order valence-corrected chi connectivity index (χ2v) is 4.90. The van der Waals surface area contributed by atoms with Gasteiger partial charge in [0, 0.05) is 42.3 Å². The van der Waals surface area contributed by atoms with Crippen molar-refractivity contribution in [3.8, 4) is 0 Å². The molecule has 0 amide bonds. The Morgan fingerprint density at radius 1 is 1.35 bits per heavy atom. The van der Waals surface area contributed by atoms with Gasteiger partial charge in [0.25, 0.3) is 0 Å². The molecule has 4 heteroatoms. The lowest BCUT2D eigenvalue weighted by molar-refractivity contribution is 0.721. The van der Waals surface area contributed by atoms with Gasteiger partial charge in [-0.3, -0.25) is 4.98 Å². The van der Waals surface area contributed by atoms with E-state index < -0.39 is 0 Å². The van der Waals surface area contributed by atoms with Crippen molar-refractivity contribution in [3.05, 3.63) is 52.5 Å². The summed E-state index contributed by atoms with van der Waals surface area (Å²) in [4.78, 5) is 4.16. The molecular weight excluding hydrogens is 278 g/mol. The van der Waals surface area contributed by atoms with Crippen LogP contribution in [0.2, 0.25) is 0 Å². The summed E-state index contributed by atoms with van der Waals surface area (Å²) >= 11 is 3.43. The van der Waals surface area contributed by atoms with Crippen LogP contribution in [0.3, 0.4) is 0 Å². The third-order valence-electron chi connectivity index (χ3n) is 2.52. The molecule has 0 fully saturated rings. The first kappa shape index (κ1) is 12.3. The van der Waals surface area contributed by atoms with E-state index in [1.54, 1.807) is 6.20 Å². The fraction of sp³-hybridized carbons (Fsp3) is 0.308. The lowest BCUT2D eigenvalue weighted by atomic mass is 10.3. The molecule has 2 rings (SSSR count). The molecule has 0 unspecified atom stereocenters. The number of aromatic nitrogens is 2. The van der Waals surface area contributed by atoms with Gasteiger partial charge in [-0.1, -0.05) is 6.92 Å². The van der Waals surface area contributed by atoms with E-state index >= 15 is 0 Å². The van der Waals surface area contributed by atoms with Crippen LogP contribution in [-0.4, -0.2) is 16.1 Å². The van der Waals surface area contributed by atoms with Crippen molar-refractivity contribution < 1.29 is 0 Å². The summed E-state index contributed by atoms with van der Waals surface area (Å²) in [6, 6.07) is 4.24. The highest BCUT2D eigenvalue weighted by atomic mass is 79.9. The largest absolute Gasteiger partial charge is 0.350 e. The average molecular weight is 294 g/mol. The molecule has 0 saturated carbocycles. The Morgan fingerprint density at radius 2 is 2.24 bits per heavy atom. The number of hydrogen-bond donors (Lipinski definition) is 1. The fourth-order valence-corrected chi connectivity index (χ4v) is 2.13. The second-order valence-electron chi connectivity index (χ2n) is 3.98. The quantitative estimate of drug-likeness (QED) is 0.919. The Bertz CT molecular complexity index is 479. The van der Waals surface area contributed by atoms with Crippen LogP contribution in [0.4, 0.5) is 0 Å². The Morgan fingerprint density at radius 3 is 3.00 bits per heavy atom. The molecule has 2 heterocycles. The maximum Gasteiger partial charge on any atom is 0.0485 e. The first-order chi connectivity index (χ1) is 8.28. The minimum Gasteiger partial charge on any atom is -0.350 e. The predicted molar refractivity (Wildman–Crippen MR) is 72.9 cm³/mol. The van der Waals surface area contributed by atoms with E-state index in [2.05, 4.69) is 62.2 Å². The van der Waals surface area contributed by atoms with Crippen LogP contribution in [0, 0.1) is 0 Å². The summed E-state index contributed by atoms with van der Waals surface area (Å²) in [5.41, 5.74) is 2.51. The molecule has 0 saturated heterocycles. The maximum atomic E-state index is 4.16. The monoisotopic (exact) mass is 293 g/mol. The summed E-state index contributed by atoms with van der Waals surface area (Å²) < 4.78 is 3.20. The Kier molecular flexibility index (Phi) is 4.34. The van der Waals surface area contributed by atoms with Crippen molar-refractivity contribution >= 4 is 15.9 Å². The molecule has 0 atom stereocenters. The van der Waals surface area contributed by atoms with E-state index in [-0.39, 0.29) is 0 Å². The van der Waals surface area contributed by atoms with Crippen LogP contribution in [0.1, 0.15) is 18.1 Å². The average Bonchev–Trinajstić information content (AvgIpc) is 2.74. The highest BCUT2D eigenvalue weighted by Gasteiger charge is 1.99. The molecule has 1 N–H and O–H groups in total. The number of hydrogen-bond acceptors (Lipinski definition) is 2. The van der Waals surface area contributed by atoms with Crippen molar-refractivity contribution in [2.24, 2.45) is 0 Å². The van der Waals surface area contributed by atoms with Gasteiger partial charge in [-0.15, -0.1) is 0 Å². The first-order valence-corrected chi connectivity index (χ1v) is 6.52. The molecule has 3 nitrogen and oxygen atoms in total. The molecule has 0 bridgehead atoms. The number of rotatable bonds is 5. The van der Waals surface area contributed by atoms with E-state index in [1.165, 1.54) is 11.1 Å². The van der Waals surface area contributed by atoms with Gasteiger partial charge in [0.2, 0.25) is 0 Å². The smallest absolute Gasteiger partial charge is 0.0485 e. The summed E-state index contributed by atoms with van der Waals surface area (Å²) in [6.45, 7) is 4.91. The van der Waals surface area contributed by atoms with Crippen molar-refractivity contribution in [1.29, 1.82) is 0 Å². The molecule has 2 aromatic rings. The van der Waals surface area contributed by atoms with Crippen LogP contribution in [-0.2, 0) is 13.1 Å². The zero-order valence-corrected chi connectivity index (χ0v) is 11.4. The van der Waals surface area contributed by atoms with Crippen LogP contribution < -0.4 is 5.32 Å². The van der Waals surface area contributed by atoms with Crippen molar-refractivity contribution in [2.45, 2.75) is 20.0 Å². The van der Waals surface area contributed by atoms with Crippen LogP contribution in [0.5, 0.6) is 0 Å². The van der Waals surface area contributed by atoms with Gasteiger partial charge < -0.3 is 9.88 Å². The minimum absolute atomic E-state index is 0.860.